The van der Waals surface area contributed by atoms with Crippen LogP contribution in [0, 0.1) is 0 Å². The van der Waals surface area contributed by atoms with E-state index in [1.54, 1.807) is 22.7 Å². The Morgan fingerprint density at radius 2 is 2.20 bits per heavy atom. The number of aromatic nitrogens is 1. The lowest BCUT2D eigenvalue weighted by atomic mass is 10.3. The van der Waals surface area contributed by atoms with Crippen LogP contribution in [0.2, 0.25) is 0 Å². The van der Waals surface area contributed by atoms with Gasteiger partial charge in [-0.25, -0.2) is 4.98 Å². The predicted octanol–water partition coefficient (Wildman–Crippen LogP) is 3.82. The molecule has 0 aliphatic carbocycles. The number of thiophene rings is 1. The maximum atomic E-state index is 4.78. The fourth-order valence-electron chi connectivity index (χ4n) is 2.90. The molecule has 0 aromatic carbocycles. The van der Waals surface area contributed by atoms with E-state index < -0.39 is 0 Å². The first kappa shape index (κ1) is 18.7. The lowest BCUT2D eigenvalue weighted by Crippen LogP contribution is -2.39. The van der Waals surface area contributed by atoms with Gasteiger partial charge in [0, 0.05) is 50.4 Å². The van der Waals surface area contributed by atoms with Crippen LogP contribution in [0.15, 0.2) is 26.3 Å². The first-order valence-corrected chi connectivity index (χ1v) is 11.0. The summed E-state index contributed by atoms with van der Waals surface area (Å²) in [7, 11) is 3.90. The number of nitrogens with zero attached hydrogens (tertiary/aromatic N) is 4. The lowest BCUT2D eigenvalue weighted by Gasteiger charge is -2.21. The van der Waals surface area contributed by atoms with Crippen LogP contribution in [0.25, 0.3) is 0 Å². The van der Waals surface area contributed by atoms with Crippen molar-refractivity contribution in [1.29, 1.82) is 0 Å². The van der Waals surface area contributed by atoms with Crippen LogP contribution in [-0.4, -0.2) is 49.6 Å². The number of halogens is 1. The highest BCUT2D eigenvalue weighted by Gasteiger charge is 2.15. The van der Waals surface area contributed by atoms with Crippen LogP contribution < -0.4 is 10.2 Å². The van der Waals surface area contributed by atoms with Crippen molar-refractivity contribution >= 4 is 49.7 Å². The molecule has 1 fully saturated rings. The monoisotopic (exact) mass is 441 g/mol. The molecule has 0 unspecified atom stereocenters. The second-order valence-corrected chi connectivity index (χ2v) is 9.49. The molecule has 5 nitrogen and oxygen atoms in total. The Bertz CT molecular complexity index is 705. The van der Waals surface area contributed by atoms with Crippen LogP contribution in [0.5, 0.6) is 0 Å². The normalized spacial score (nSPS) is 15.0. The van der Waals surface area contributed by atoms with E-state index in [9.17, 15) is 0 Å². The maximum Gasteiger partial charge on any atom is 0.193 e. The van der Waals surface area contributed by atoms with E-state index in [1.165, 1.54) is 28.5 Å². The standard InChI is InChI=1S/C17H24BrN5S2/c1-19-16(22(2)11-14-5-6-15(18)25-14)20-8-7-13-12-24-17(21-13)23-9-3-4-10-23/h5-6,12H,3-4,7-11H2,1-2H3,(H,19,20). The second kappa shape index (κ2) is 9.00. The minimum atomic E-state index is 0.842. The predicted molar refractivity (Wildman–Crippen MR) is 112 cm³/mol. The van der Waals surface area contributed by atoms with Gasteiger partial charge in [0.25, 0.3) is 0 Å². The van der Waals surface area contributed by atoms with Gasteiger partial charge in [0.1, 0.15) is 0 Å². The molecule has 1 N–H and O–H groups in total. The maximum absolute atomic E-state index is 4.78. The third kappa shape index (κ3) is 5.18. The quantitative estimate of drug-likeness (QED) is 0.546. The molecule has 0 spiro atoms. The van der Waals surface area contributed by atoms with E-state index in [0.717, 1.165) is 42.3 Å². The largest absolute Gasteiger partial charge is 0.356 e. The summed E-state index contributed by atoms with van der Waals surface area (Å²) >= 11 is 7.04. The van der Waals surface area contributed by atoms with Crippen molar-refractivity contribution in [3.05, 3.63) is 31.9 Å². The summed E-state index contributed by atoms with van der Waals surface area (Å²) in [6, 6.07) is 4.23. The van der Waals surface area contributed by atoms with Gasteiger partial charge in [0.15, 0.2) is 11.1 Å². The summed E-state index contributed by atoms with van der Waals surface area (Å²) in [6.45, 7) is 4.00. The molecule has 8 heteroatoms. The molecule has 0 atom stereocenters. The summed E-state index contributed by atoms with van der Waals surface area (Å²) in [5.74, 6) is 0.916. The molecule has 1 aliphatic heterocycles. The van der Waals surface area contributed by atoms with Crippen LogP contribution >= 0.6 is 38.6 Å². The van der Waals surface area contributed by atoms with E-state index in [2.05, 4.69) is 60.6 Å². The second-order valence-electron chi connectivity index (χ2n) is 6.10. The number of aliphatic imine (C=N–C) groups is 1. The van der Waals surface area contributed by atoms with Gasteiger partial charge in [-0.2, -0.15) is 0 Å². The molecular weight excluding hydrogens is 418 g/mol. The van der Waals surface area contributed by atoms with Crippen molar-refractivity contribution in [2.45, 2.75) is 25.8 Å². The Morgan fingerprint density at radius 1 is 1.40 bits per heavy atom. The van der Waals surface area contributed by atoms with Crippen molar-refractivity contribution in [2.75, 3.05) is 38.6 Å². The minimum absolute atomic E-state index is 0.842. The molecule has 1 aliphatic rings. The van der Waals surface area contributed by atoms with Crippen molar-refractivity contribution in [1.82, 2.24) is 15.2 Å². The van der Waals surface area contributed by atoms with Gasteiger partial charge in [0.2, 0.25) is 0 Å². The molecule has 136 valence electrons. The fraction of sp³-hybridized carbons (Fsp3) is 0.529. The molecule has 2 aromatic heterocycles. The Kier molecular flexibility index (Phi) is 6.72. The SMILES string of the molecule is CN=C(NCCc1csc(N2CCCC2)n1)N(C)Cc1ccc(Br)s1. The van der Waals surface area contributed by atoms with Crippen molar-refractivity contribution in [3.8, 4) is 0 Å². The highest BCUT2D eigenvalue weighted by Crippen LogP contribution is 2.24. The highest BCUT2D eigenvalue weighted by molar-refractivity contribution is 9.11. The third-order valence-electron chi connectivity index (χ3n) is 4.18. The molecule has 0 radical (unpaired) electrons. The Hall–Kier alpha value is -1.12. The molecule has 2 aromatic rings. The minimum Gasteiger partial charge on any atom is -0.356 e. The van der Waals surface area contributed by atoms with Crippen LogP contribution in [0.3, 0.4) is 0 Å². The zero-order valence-electron chi connectivity index (χ0n) is 14.7. The molecular formula is C17H24BrN5S2. The van der Waals surface area contributed by atoms with Crippen molar-refractivity contribution < 1.29 is 0 Å². The van der Waals surface area contributed by atoms with Gasteiger partial charge in [-0.1, -0.05) is 0 Å². The van der Waals surface area contributed by atoms with Crippen molar-refractivity contribution in [3.63, 3.8) is 0 Å². The topological polar surface area (TPSA) is 43.8 Å². The Labute approximate surface area is 165 Å². The average Bonchev–Trinajstić information content (AvgIpc) is 3.33. The summed E-state index contributed by atoms with van der Waals surface area (Å²) in [5.41, 5.74) is 1.17. The smallest absolute Gasteiger partial charge is 0.193 e. The van der Waals surface area contributed by atoms with E-state index in [4.69, 9.17) is 4.98 Å². The van der Waals surface area contributed by atoms with E-state index in [1.807, 2.05) is 7.05 Å². The van der Waals surface area contributed by atoms with Crippen LogP contribution in [-0.2, 0) is 13.0 Å². The van der Waals surface area contributed by atoms with E-state index >= 15 is 0 Å². The molecule has 0 bridgehead atoms. The fourth-order valence-corrected chi connectivity index (χ4v) is 5.35. The van der Waals surface area contributed by atoms with E-state index in [-0.39, 0.29) is 0 Å². The van der Waals surface area contributed by atoms with Gasteiger partial charge in [-0.05, 0) is 40.9 Å². The molecule has 1 saturated heterocycles. The zero-order valence-corrected chi connectivity index (χ0v) is 17.9. The van der Waals surface area contributed by atoms with Gasteiger partial charge >= 0.3 is 0 Å². The number of anilines is 1. The number of guanidine groups is 1. The first-order valence-electron chi connectivity index (χ1n) is 8.51. The van der Waals surface area contributed by atoms with Gasteiger partial charge in [0.05, 0.1) is 16.0 Å². The zero-order chi connectivity index (χ0) is 17.6. The summed E-state index contributed by atoms with van der Waals surface area (Å²) < 4.78 is 1.16. The summed E-state index contributed by atoms with van der Waals surface area (Å²) in [5, 5.41) is 6.81. The van der Waals surface area contributed by atoms with Crippen LogP contribution in [0.4, 0.5) is 5.13 Å². The first-order chi connectivity index (χ1) is 12.2. The Morgan fingerprint density at radius 3 is 2.88 bits per heavy atom. The lowest BCUT2D eigenvalue weighted by molar-refractivity contribution is 0.482. The number of rotatable bonds is 6. The molecule has 3 heterocycles. The number of hydrogen-bond acceptors (Lipinski definition) is 5. The Balaban J connectivity index is 1.46. The molecule has 3 rings (SSSR count). The van der Waals surface area contributed by atoms with Gasteiger partial charge < -0.3 is 15.1 Å². The number of hydrogen-bond donors (Lipinski definition) is 1. The van der Waals surface area contributed by atoms with Gasteiger partial charge in [-0.15, -0.1) is 22.7 Å². The average molecular weight is 442 g/mol. The number of nitrogens with one attached hydrogen (secondary N) is 1. The van der Waals surface area contributed by atoms with Crippen molar-refractivity contribution in [2.24, 2.45) is 4.99 Å². The molecule has 0 saturated carbocycles. The third-order valence-corrected chi connectivity index (χ3v) is 6.73. The summed E-state index contributed by atoms with van der Waals surface area (Å²) in [4.78, 5) is 15.0. The number of thiazole rings is 1. The molecule has 25 heavy (non-hydrogen) atoms. The molecule has 0 amide bonds. The summed E-state index contributed by atoms with van der Waals surface area (Å²) in [6.07, 6.45) is 3.50. The van der Waals surface area contributed by atoms with Gasteiger partial charge in [-0.3, -0.25) is 4.99 Å². The van der Waals surface area contributed by atoms with E-state index in [0.29, 0.717) is 0 Å². The highest BCUT2D eigenvalue weighted by atomic mass is 79.9. The van der Waals surface area contributed by atoms with Crippen LogP contribution in [0.1, 0.15) is 23.4 Å².